The molecule has 2 heterocycles. The average molecular weight is 1400 g/mol. The van der Waals surface area contributed by atoms with Crippen LogP contribution in [0.1, 0.15) is 119 Å². The zero-order valence-electron chi connectivity index (χ0n) is 48.6. The molecule has 0 bridgehead atoms. The smallest absolute Gasteiger partial charge is 0.414 e. The molecule has 0 fully saturated rings. The van der Waals surface area contributed by atoms with Gasteiger partial charge in [-0.2, -0.15) is 0 Å². The quantitative estimate of drug-likeness (QED) is 0.0253. The van der Waals surface area contributed by atoms with Crippen LogP contribution in [0.5, 0.6) is 0 Å². The number of nitrogens with zero attached hydrogens (tertiary/aromatic N) is 3. The Morgan fingerprint density at radius 3 is 2.11 bits per heavy atom. The number of amides is 3. The number of benzene rings is 5. The third-order valence-corrected chi connectivity index (χ3v) is 15.0. The first kappa shape index (κ1) is 62.3. The maximum absolute atomic E-state index is 14.4. The number of hydrogen-bond donors (Lipinski definition) is 6. The number of allylic oxidation sites excluding steroid dienone is 3. The van der Waals surface area contributed by atoms with Crippen LogP contribution in [0.2, 0.25) is 0 Å². The zero-order valence-corrected chi connectivity index (χ0v) is 51.0. The molecule has 21 heteroatoms. The molecule has 1 atom stereocenters. The van der Waals surface area contributed by atoms with E-state index in [4.69, 9.17) is 20.3 Å². The monoisotopic (exact) mass is 1400 g/mol. The number of esters is 1. The molecule has 0 saturated carbocycles. The first-order valence-corrected chi connectivity index (χ1v) is 27.7. The summed E-state index contributed by atoms with van der Waals surface area (Å²) in [6.45, 7) is 14.1. The number of H-pyrrole nitrogens is 1. The van der Waals surface area contributed by atoms with E-state index in [2.05, 4.69) is 32.7 Å². The van der Waals surface area contributed by atoms with Crippen LogP contribution in [0.3, 0.4) is 0 Å². The van der Waals surface area contributed by atoms with E-state index in [0.717, 1.165) is 27.6 Å². The van der Waals surface area contributed by atoms with Gasteiger partial charge in [0.25, 0.3) is 11.5 Å². The molecule has 6 aromatic rings. The minimum Gasteiger partial charge on any atom is -0.481 e. The summed E-state index contributed by atoms with van der Waals surface area (Å²) >= 11 is 0. The van der Waals surface area contributed by atoms with Crippen molar-refractivity contribution in [2.45, 2.75) is 112 Å². The van der Waals surface area contributed by atoms with Crippen LogP contribution in [-0.2, 0) is 51.3 Å². The van der Waals surface area contributed by atoms with Crippen molar-refractivity contribution in [3.63, 3.8) is 0 Å². The molecule has 0 radical (unpaired) electrons. The molecule has 0 saturated heterocycles. The normalized spacial score (nSPS) is 14.2. The fourth-order valence-electron chi connectivity index (χ4n) is 11.2. The summed E-state index contributed by atoms with van der Waals surface area (Å²) in [4.78, 5) is 124. The van der Waals surface area contributed by atoms with Gasteiger partial charge < -0.3 is 45.9 Å². The fraction of sp³-hybridized carbons (Fsp3) is 0.344. The van der Waals surface area contributed by atoms with Crippen molar-refractivity contribution in [3.8, 4) is 11.1 Å². The first-order chi connectivity index (χ1) is 39.8. The maximum Gasteiger partial charge on any atom is 0.414 e. The molecule has 7 N–H and O–H groups in total. The van der Waals surface area contributed by atoms with Gasteiger partial charge in [0.1, 0.15) is 24.1 Å². The number of carbonyl (C=O) groups is 8. The molecule has 450 valence electrons. The Kier molecular flexibility index (Phi) is 18.7. The second kappa shape index (κ2) is 25.5. The zero-order chi connectivity index (χ0) is 60.9. The third kappa shape index (κ3) is 13.6. The van der Waals surface area contributed by atoms with Gasteiger partial charge >= 0.3 is 24.0 Å². The van der Waals surface area contributed by atoms with E-state index in [1.165, 1.54) is 9.80 Å². The summed E-state index contributed by atoms with van der Waals surface area (Å²) < 4.78 is 11.4. The summed E-state index contributed by atoms with van der Waals surface area (Å²) in [5.74, 6) is -3.91. The second-order valence-electron chi connectivity index (χ2n) is 22.7. The summed E-state index contributed by atoms with van der Waals surface area (Å²) in [7, 11) is 0. The van der Waals surface area contributed by atoms with Crippen molar-refractivity contribution >= 4 is 74.7 Å². The van der Waals surface area contributed by atoms with Gasteiger partial charge in [-0.15, -0.1) is 0 Å². The van der Waals surface area contributed by atoms with Crippen LogP contribution < -0.4 is 26.8 Å². The molecule has 3 amide bonds. The number of ether oxygens (including phenoxy) is 2. The number of anilines is 1. The molecule has 1 aliphatic heterocycles. The second-order valence-corrected chi connectivity index (χ2v) is 22.7. The summed E-state index contributed by atoms with van der Waals surface area (Å²) in [6, 6.07) is 29.2. The number of carboxylic acid groups (broad SMARTS) is 2. The summed E-state index contributed by atoms with van der Waals surface area (Å²) in [5.41, 5.74) is 11.3. The Hall–Kier alpha value is -10.3. The number of aryl methyl sites for hydroxylation is 1. The number of nitrogens with one attached hydrogen (secondary N) is 3. The van der Waals surface area contributed by atoms with Crippen molar-refractivity contribution in [2.75, 3.05) is 31.1 Å². The number of ketones is 2. The SMILES string of the molecule is CC1=C(NCCC(=O)OC(C)(C)C)C(=O)C(C(C)(C)CC(=O)O)=C(C)C1=O.Cc1nc2ccc3ccc(CN(C(=O)OCC4c5ccccc5-c5ccccc54)c4ccc5c(c4)CN(C(CCC(=O)NCCN)C(=O)O)C5=O)cc3c2c(=O)[nH]1.[Fm]. The Bertz CT molecular complexity index is 3760. The van der Waals surface area contributed by atoms with E-state index in [1.807, 2.05) is 66.7 Å². The molecular formula is C64H69FmN7O13. The average Bonchev–Trinajstić information content (AvgIpc) is 2.17. The number of rotatable bonds is 19. The molecule has 9 rings (SSSR count). The Morgan fingerprint density at radius 1 is 0.812 bits per heavy atom. The predicted molar refractivity (Wildman–Crippen MR) is 315 cm³/mol. The van der Waals surface area contributed by atoms with Crippen molar-refractivity contribution in [3.05, 3.63) is 163 Å². The van der Waals surface area contributed by atoms with Crippen LogP contribution in [-0.4, -0.2) is 110 Å². The van der Waals surface area contributed by atoms with Crippen LogP contribution >= 0.6 is 0 Å². The van der Waals surface area contributed by atoms with Gasteiger partial charge in [-0.3, -0.25) is 38.5 Å². The number of aliphatic carboxylic acids is 2. The van der Waals surface area contributed by atoms with Crippen molar-refractivity contribution < 1.29 is 58.0 Å². The molecule has 1 aromatic heterocycles. The van der Waals surface area contributed by atoms with Crippen LogP contribution in [0.4, 0.5) is 10.5 Å². The van der Waals surface area contributed by atoms with E-state index >= 15 is 0 Å². The van der Waals surface area contributed by atoms with Gasteiger partial charge in [0, 0.05) is 71.9 Å². The molecule has 0 spiro atoms. The number of carbonyl (C=O) groups excluding carboxylic acids is 6. The fourth-order valence-corrected chi connectivity index (χ4v) is 11.2. The molecule has 3 aliphatic rings. The topological polar surface area (TPSA) is 298 Å². The molecule has 85 heavy (non-hydrogen) atoms. The van der Waals surface area contributed by atoms with Crippen molar-refractivity contribution in [1.29, 1.82) is 0 Å². The number of fused-ring (bicyclic) bond motifs is 7. The van der Waals surface area contributed by atoms with Gasteiger partial charge in [-0.25, -0.2) is 14.6 Å². The molecule has 20 nitrogen and oxygen atoms in total. The van der Waals surface area contributed by atoms with E-state index in [9.17, 15) is 48.3 Å². The number of carboxylic acids is 2. The van der Waals surface area contributed by atoms with Gasteiger partial charge in [-0.05, 0) is 122 Å². The van der Waals surface area contributed by atoms with Crippen LogP contribution in [0.15, 0.2) is 124 Å². The maximum atomic E-state index is 14.4. The summed E-state index contributed by atoms with van der Waals surface area (Å²) in [5, 5.41) is 26.7. The van der Waals surface area contributed by atoms with Crippen molar-refractivity contribution in [1.82, 2.24) is 25.5 Å². The third-order valence-electron chi connectivity index (χ3n) is 15.0. The number of Topliss-reactive ketones (excluding diaryl/α,β-unsaturated/α-hetero) is 2. The van der Waals surface area contributed by atoms with Gasteiger partial charge in [0.2, 0.25) is 11.7 Å². The summed E-state index contributed by atoms with van der Waals surface area (Å²) in [6.07, 6.45) is -1.05. The van der Waals surface area contributed by atoms with Crippen LogP contribution in [0.25, 0.3) is 32.8 Å². The minimum absolute atomic E-state index is 0. The standard InChI is InChI=1S/C44H40N6O7.C20H29NO6.Fm/c1-25-47-37-15-12-27-11-10-26(20-35(27)40(37)41(52)48-25)22-49(44(56)57-24-36-33-8-4-2-6-31(33)32-7-3-5-9-34(32)36)29-13-14-30-28(21-29)23-50(42(30)53)38(43(54)55)16-17-39(51)46-19-18-45;1-11-15(20(6,7)10-13(22)23)18(26)16(12(2)17(11)25)21-9-8-14(24)27-19(3,4)5;/h2-15,20-21,36,38H,16-19,22-24,45H2,1H3,(H,46,51)(H,54,55)(H,47,48,52);21H,8-10H2,1-7H3,(H,22,23);. The largest absolute Gasteiger partial charge is 0.481 e. The van der Waals surface area contributed by atoms with Gasteiger partial charge in [0.15, 0.2) is 5.78 Å². The Morgan fingerprint density at radius 2 is 1.47 bits per heavy atom. The molecule has 1 unspecified atom stereocenters. The van der Waals surface area contributed by atoms with Crippen LogP contribution in [0, 0.1) is 12.3 Å². The van der Waals surface area contributed by atoms with Gasteiger partial charge in [0.05, 0.1) is 36.0 Å². The molecular weight excluding hydrogens is 1330 g/mol. The van der Waals surface area contributed by atoms with E-state index in [1.54, 1.807) is 73.6 Å². The molecule has 2 aliphatic carbocycles. The number of aromatic amines is 1. The van der Waals surface area contributed by atoms with E-state index in [0.29, 0.717) is 44.5 Å². The van der Waals surface area contributed by atoms with Crippen molar-refractivity contribution in [2.24, 2.45) is 11.1 Å². The van der Waals surface area contributed by atoms with E-state index in [-0.39, 0.29) is 111 Å². The Balaban J connectivity index is 0.000000313. The van der Waals surface area contributed by atoms with E-state index < -0.39 is 52.7 Å². The number of nitrogens with two attached hydrogens (primary N) is 1. The predicted octanol–water partition coefficient (Wildman–Crippen LogP) is 8.16. The minimum atomic E-state index is -1.25. The Labute approximate surface area is 485 Å². The number of aromatic nitrogens is 2. The number of hydrogen-bond acceptors (Lipinski definition) is 14. The first-order valence-electron chi connectivity index (χ1n) is 27.7. The van der Waals surface area contributed by atoms with Gasteiger partial charge in [-0.1, -0.05) is 80.6 Å². The molecule has 5 aromatic carbocycles.